The summed E-state index contributed by atoms with van der Waals surface area (Å²) in [6.45, 7) is 1.79. The van der Waals surface area contributed by atoms with Crippen LogP contribution in [0.5, 0.6) is 5.75 Å². The molecule has 0 aliphatic heterocycles. The van der Waals surface area contributed by atoms with Crippen LogP contribution in [0.25, 0.3) is 0 Å². The van der Waals surface area contributed by atoms with Crippen LogP contribution in [-0.4, -0.2) is 30.4 Å². The van der Waals surface area contributed by atoms with Crippen molar-refractivity contribution in [3.63, 3.8) is 0 Å². The Kier molecular flexibility index (Phi) is 8.76. The van der Waals surface area contributed by atoms with Gasteiger partial charge in [0.15, 0.2) is 0 Å². The van der Waals surface area contributed by atoms with Crippen LogP contribution in [0.1, 0.15) is 30.1 Å². The van der Waals surface area contributed by atoms with Gasteiger partial charge in [-0.2, -0.15) is 0 Å². The zero-order valence-electron chi connectivity index (χ0n) is 15.7. The van der Waals surface area contributed by atoms with Crippen molar-refractivity contribution < 1.29 is 19.1 Å². The van der Waals surface area contributed by atoms with E-state index >= 15 is 0 Å². The average molecular weight is 438 g/mol. The minimum absolute atomic E-state index is 0.135. The van der Waals surface area contributed by atoms with Gasteiger partial charge in [-0.3, -0.25) is 25.2 Å². The normalized spacial score (nSPS) is 11.3. The molecule has 154 valence electrons. The zero-order chi connectivity index (χ0) is 21.2. The zero-order valence-corrected chi connectivity index (χ0v) is 17.2. The number of amides is 3. The van der Waals surface area contributed by atoms with Crippen molar-refractivity contribution in [2.45, 2.75) is 25.8 Å². The highest BCUT2D eigenvalue weighted by atomic mass is 35.5. The van der Waals surface area contributed by atoms with Crippen molar-refractivity contribution in [1.29, 1.82) is 0 Å². The van der Waals surface area contributed by atoms with E-state index in [-0.39, 0.29) is 24.8 Å². The number of halogens is 2. The van der Waals surface area contributed by atoms with Crippen LogP contribution in [0.4, 0.5) is 0 Å². The van der Waals surface area contributed by atoms with Crippen molar-refractivity contribution in [2.75, 3.05) is 6.61 Å². The summed E-state index contributed by atoms with van der Waals surface area (Å²) in [5.41, 5.74) is 5.03. The number of carbonyl (C=O) groups excluding carboxylic acids is 3. The van der Waals surface area contributed by atoms with Crippen molar-refractivity contribution in [1.82, 2.24) is 16.2 Å². The van der Waals surface area contributed by atoms with Gasteiger partial charge in [-0.1, -0.05) is 41.4 Å². The van der Waals surface area contributed by atoms with Crippen molar-refractivity contribution >= 4 is 40.9 Å². The fourth-order valence-corrected chi connectivity index (χ4v) is 2.71. The predicted molar refractivity (Wildman–Crippen MR) is 111 cm³/mol. The van der Waals surface area contributed by atoms with Gasteiger partial charge < -0.3 is 10.1 Å². The van der Waals surface area contributed by atoms with Crippen LogP contribution in [0.2, 0.25) is 10.0 Å². The Morgan fingerprint density at radius 2 is 1.76 bits per heavy atom. The molecule has 9 heteroatoms. The van der Waals surface area contributed by atoms with Gasteiger partial charge in [0.1, 0.15) is 11.8 Å². The number of rotatable bonds is 8. The van der Waals surface area contributed by atoms with Crippen LogP contribution in [-0.2, 0) is 9.59 Å². The first-order valence-corrected chi connectivity index (χ1v) is 9.65. The summed E-state index contributed by atoms with van der Waals surface area (Å²) in [4.78, 5) is 35.9. The first-order chi connectivity index (χ1) is 13.9. The Hall–Kier alpha value is -2.77. The monoisotopic (exact) mass is 437 g/mol. The molecule has 3 N–H and O–H groups in total. The molecule has 0 aliphatic carbocycles. The van der Waals surface area contributed by atoms with E-state index in [1.54, 1.807) is 48.5 Å². The first-order valence-electron chi connectivity index (χ1n) is 8.89. The molecular weight excluding hydrogens is 417 g/mol. The number of carbonyl (C=O) groups is 3. The van der Waals surface area contributed by atoms with E-state index in [2.05, 4.69) is 16.2 Å². The van der Waals surface area contributed by atoms with Gasteiger partial charge in [0.25, 0.3) is 11.8 Å². The molecule has 0 saturated carbocycles. The smallest absolute Gasteiger partial charge is 0.260 e. The number of ether oxygens (including phenoxy) is 1. The highest BCUT2D eigenvalue weighted by Gasteiger charge is 2.17. The Morgan fingerprint density at radius 3 is 2.45 bits per heavy atom. The molecule has 0 heterocycles. The third-order valence-electron chi connectivity index (χ3n) is 3.80. The third kappa shape index (κ3) is 7.63. The molecule has 0 bridgehead atoms. The lowest BCUT2D eigenvalue weighted by atomic mass is 10.2. The second kappa shape index (κ2) is 11.3. The molecule has 0 spiro atoms. The fraction of sp³-hybridized carbons (Fsp3) is 0.250. The Morgan fingerprint density at radius 1 is 1.03 bits per heavy atom. The molecule has 0 radical (unpaired) electrons. The van der Waals surface area contributed by atoms with Crippen LogP contribution in [0.15, 0.2) is 48.5 Å². The van der Waals surface area contributed by atoms with Gasteiger partial charge in [0, 0.05) is 17.0 Å². The van der Waals surface area contributed by atoms with Crippen molar-refractivity contribution in [2.24, 2.45) is 0 Å². The Balaban J connectivity index is 1.65. The maximum Gasteiger partial charge on any atom is 0.260 e. The summed E-state index contributed by atoms with van der Waals surface area (Å²) < 4.78 is 5.49. The molecule has 1 unspecified atom stereocenters. The SMILES string of the molecule is CC(NC(=O)c1ccccc1)C(=O)NNC(=O)CCCOc1ccc(Cl)cc1Cl. The molecule has 1 atom stereocenters. The largest absolute Gasteiger partial charge is 0.492 e. The second-order valence-corrected chi connectivity index (χ2v) is 6.97. The molecule has 2 aromatic carbocycles. The van der Waals surface area contributed by atoms with Crippen LogP contribution < -0.4 is 20.9 Å². The molecule has 0 saturated heterocycles. The lowest BCUT2D eigenvalue weighted by Crippen LogP contribution is -2.51. The van der Waals surface area contributed by atoms with E-state index in [1.807, 2.05) is 0 Å². The summed E-state index contributed by atoms with van der Waals surface area (Å²) in [5.74, 6) is -0.817. The standard InChI is InChI=1S/C20H21Cl2N3O4/c1-13(23-20(28)14-6-3-2-4-7-14)19(27)25-24-18(26)8-5-11-29-17-10-9-15(21)12-16(17)22/h2-4,6-7,9-10,12-13H,5,8,11H2,1H3,(H,23,28)(H,24,26)(H,25,27). The molecule has 2 aromatic rings. The van der Waals surface area contributed by atoms with Gasteiger partial charge in [0.05, 0.1) is 11.6 Å². The molecule has 7 nitrogen and oxygen atoms in total. The van der Waals surface area contributed by atoms with Crippen molar-refractivity contribution in [3.05, 3.63) is 64.1 Å². The summed E-state index contributed by atoms with van der Waals surface area (Å²) in [6, 6.07) is 12.6. The second-order valence-electron chi connectivity index (χ2n) is 6.13. The lowest BCUT2D eigenvalue weighted by Gasteiger charge is -2.14. The van der Waals surface area contributed by atoms with Gasteiger partial charge in [-0.15, -0.1) is 0 Å². The Labute approximate surface area is 178 Å². The lowest BCUT2D eigenvalue weighted by molar-refractivity contribution is -0.129. The number of nitrogens with one attached hydrogen (secondary N) is 3. The first kappa shape index (κ1) is 22.5. The maximum absolute atomic E-state index is 12.0. The van der Waals surface area contributed by atoms with Crippen molar-refractivity contribution in [3.8, 4) is 5.75 Å². The summed E-state index contributed by atoms with van der Waals surface area (Å²) in [5, 5.41) is 3.45. The Bertz CT molecular complexity index is 862. The number of hydrazine groups is 1. The minimum atomic E-state index is -0.821. The number of hydrogen-bond acceptors (Lipinski definition) is 4. The number of benzene rings is 2. The minimum Gasteiger partial charge on any atom is -0.492 e. The molecule has 0 fully saturated rings. The maximum atomic E-state index is 12.0. The van der Waals surface area contributed by atoms with Gasteiger partial charge in [-0.25, -0.2) is 0 Å². The van der Waals surface area contributed by atoms with E-state index in [9.17, 15) is 14.4 Å². The quantitative estimate of drug-likeness (QED) is 0.436. The van der Waals surface area contributed by atoms with E-state index in [1.165, 1.54) is 6.92 Å². The van der Waals surface area contributed by atoms with E-state index in [0.717, 1.165) is 0 Å². The van der Waals surface area contributed by atoms with Crippen LogP contribution in [0, 0.1) is 0 Å². The van der Waals surface area contributed by atoms with Gasteiger partial charge in [0.2, 0.25) is 5.91 Å². The topological polar surface area (TPSA) is 96.5 Å². The van der Waals surface area contributed by atoms with Gasteiger partial charge >= 0.3 is 0 Å². The van der Waals surface area contributed by atoms with E-state index in [0.29, 0.717) is 27.8 Å². The molecule has 2 rings (SSSR count). The predicted octanol–water partition coefficient (Wildman–Crippen LogP) is 3.12. The molecule has 0 aliphatic rings. The fourth-order valence-electron chi connectivity index (χ4n) is 2.24. The summed E-state index contributed by atoms with van der Waals surface area (Å²) in [6.07, 6.45) is 0.553. The summed E-state index contributed by atoms with van der Waals surface area (Å²) >= 11 is 11.8. The van der Waals surface area contributed by atoms with E-state index in [4.69, 9.17) is 27.9 Å². The third-order valence-corrected chi connectivity index (χ3v) is 4.33. The van der Waals surface area contributed by atoms with E-state index < -0.39 is 11.9 Å². The average Bonchev–Trinajstić information content (AvgIpc) is 2.71. The highest BCUT2D eigenvalue weighted by Crippen LogP contribution is 2.27. The number of hydrogen-bond donors (Lipinski definition) is 3. The summed E-state index contributed by atoms with van der Waals surface area (Å²) in [7, 11) is 0. The molecule has 29 heavy (non-hydrogen) atoms. The molecule has 3 amide bonds. The highest BCUT2D eigenvalue weighted by molar-refractivity contribution is 6.35. The molecule has 0 aromatic heterocycles. The molecular formula is C20H21Cl2N3O4. The van der Waals surface area contributed by atoms with Crippen LogP contribution >= 0.6 is 23.2 Å². The van der Waals surface area contributed by atoms with Gasteiger partial charge in [-0.05, 0) is 43.7 Å². The van der Waals surface area contributed by atoms with Crippen LogP contribution in [0.3, 0.4) is 0 Å².